The Labute approximate surface area is 212 Å². The number of nitrogens with one attached hydrogen (secondary N) is 2. The van der Waals surface area contributed by atoms with Gasteiger partial charge in [-0.3, -0.25) is 9.59 Å². The summed E-state index contributed by atoms with van der Waals surface area (Å²) in [5.41, 5.74) is 2.23. The van der Waals surface area contributed by atoms with Crippen LogP contribution in [0.3, 0.4) is 0 Å². The maximum absolute atomic E-state index is 14.6. The van der Waals surface area contributed by atoms with Crippen LogP contribution in [0.5, 0.6) is 5.75 Å². The van der Waals surface area contributed by atoms with Crippen molar-refractivity contribution in [2.45, 2.75) is 37.6 Å². The van der Waals surface area contributed by atoms with Crippen LogP contribution in [0.2, 0.25) is 0 Å². The van der Waals surface area contributed by atoms with Crippen LogP contribution in [-0.2, 0) is 9.53 Å². The number of fused-ring (bicyclic) bond motifs is 1. The van der Waals surface area contributed by atoms with Gasteiger partial charge in [0.05, 0.1) is 12.6 Å². The molecule has 0 radical (unpaired) electrons. The third-order valence-corrected chi connectivity index (χ3v) is 6.74. The zero-order valence-electron chi connectivity index (χ0n) is 20.2. The number of aromatic nitrogens is 3. The fourth-order valence-electron chi connectivity index (χ4n) is 4.63. The van der Waals surface area contributed by atoms with Crippen LogP contribution >= 0.6 is 0 Å². The molecule has 9 nitrogen and oxygen atoms in total. The Bertz CT molecular complexity index is 1460. The zero-order chi connectivity index (χ0) is 28.2. The lowest BCUT2D eigenvalue weighted by Crippen LogP contribution is -2.46. The average Bonchev–Trinajstić information content (AvgIpc) is 3.39. The number of hydrogen-bond acceptors (Lipinski definition) is 6. The summed E-state index contributed by atoms with van der Waals surface area (Å²) in [4.78, 5) is 34.8. The van der Waals surface area contributed by atoms with Gasteiger partial charge in [0, 0.05) is 23.5 Å². The first kappa shape index (κ1) is 27.0. The Morgan fingerprint density at radius 3 is 2.55 bits per heavy atom. The van der Waals surface area contributed by atoms with E-state index >= 15 is 0 Å². The van der Waals surface area contributed by atoms with Gasteiger partial charge in [0.1, 0.15) is 23.3 Å². The first-order chi connectivity index (χ1) is 17.7. The quantitative estimate of drug-likeness (QED) is 0.317. The number of imidazole rings is 1. The van der Waals surface area contributed by atoms with Gasteiger partial charge in [0.25, 0.3) is 5.91 Å². The maximum atomic E-state index is 14.6. The van der Waals surface area contributed by atoms with Gasteiger partial charge in [0.15, 0.2) is 22.9 Å². The predicted octanol–water partition coefficient (Wildman–Crippen LogP) is 4.28. The van der Waals surface area contributed by atoms with Crippen LogP contribution in [0.25, 0.3) is 11.0 Å². The van der Waals surface area contributed by atoms with Crippen molar-refractivity contribution >= 4 is 28.7 Å². The van der Waals surface area contributed by atoms with Crippen LogP contribution in [0.4, 0.5) is 27.8 Å². The molecule has 1 aliphatic heterocycles. The molecule has 1 aromatic carbocycles. The molecule has 0 spiro atoms. The third-order valence-electron chi connectivity index (χ3n) is 6.74. The van der Waals surface area contributed by atoms with Crippen molar-refractivity contribution in [1.29, 1.82) is 0 Å². The number of halogens is 5. The molecule has 0 aliphatic carbocycles. The number of benzene rings is 1. The molecular formula is C24H22F5N5O4. The van der Waals surface area contributed by atoms with E-state index < -0.39 is 58.9 Å². The molecule has 1 fully saturated rings. The van der Waals surface area contributed by atoms with Gasteiger partial charge in [0.2, 0.25) is 11.7 Å². The van der Waals surface area contributed by atoms with Gasteiger partial charge < -0.3 is 25.5 Å². The van der Waals surface area contributed by atoms with E-state index in [0.29, 0.717) is 0 Å². The van der Waals surface area contributed by atoms with Crippen molar-refractivity contribution in [2.75, 3.05) is 12.4 Å². The standard InChI is InChI=1S/C24H22F5N5O4/c1-5-14(35)32-13-8-12-17(18(33-13)21(30)36)34-22(31-12)20-15(9(2)23(3,38-20)24(27,28)29)10-6-7-11(25)16(26)19(10)37-4/h5-9,15,20H,1H2,2-4H3,(H2,30,36)(H,31,34)(H,32,33,35)/t9-,15-,20+,23+/m0/s1. The summed E-state index contributed by atoms with van der Waals surface area (Å²) in [7, 11) is 1.06. The number of nitrogens with two attached hydrogens (primary N) is 1. The van der Waals surface area contributed by atoms with Gasteiger partial charge in [-0.2, -0.15) is 17.6 Å². The lowest BCUT2D eigenvalue weighted by molar-refractivity contribution is -0.275. The Morgan fingerprint density at radius 2 is 1.97 bits per heavy atom. The lowest BCUT2D eigenvalue weighted by Gasteiger charge is -2.32. The molecule has 1 aliphatic rings. The normalized spacial score (nSPS) is 23.4. The number of H-pyrrole nitrogens is 1. The molecule has 2 amide bonds. The van der Waals surface area contributed by atoms with Crippen LogP contribution < -0.4 is 15.8 Å². The smallest absolute Gasteiger partial charge is 0.417 e. The lowest BCUT2D eigenvalue weighted by atomic mass is 9.77. The number of amides is 2. The molecule has 1 saturated heterocycles. The minimum absolute atomic E-state index is 0.0792. The molecule has 38 heavy (non-hydrogen) atoms. The number of methoxy groups -OCH3 is 1. The first-order valence-corrected chi connectivity index (χ1v) is 11.1. The molecule has 3 aromatic rings. The van der Waals surface area contributed by atoms with E-state index in [4.69, 9.17) is 15.2 Å². The summed E-state index contributed by atoms with van der Waals surface area (Å²) in [6.07, 6.45) is -5.39. The topological polar surface area (TPSA) is 132 Å². The molecule has 0 unspecified atom stereocenters. The molecule has 14 heteroatoms. The number of rotatable bonds is 6. The van der Waals surface area contributed by atoms with Crippen molar-refractivity contribution in [1.82, 2.24) is 15.0 Å². The minimum atomic E-state index is -4.86. The van der Waals surface area contributed by atoms with Crippen LogP contribution in [0.1, 0.15) is 47.7 Å². The summed E-state index contributed by atoms with van der Waals surface area (Å²) in [6, 6.07) is 3.19. The van der Waals surface area contributed by atoms with Crippen molar-refractivity contribution in [3.63, 3.8) is 0 Å². The van der Waals surface area contributed by atoms with E-state index in [1.807, 2.05) is 0 Å². The van der Waals surface area contributed by atoms with E-state index in [1.54, 1.807) is 0 Å². The van der Waals surface area contributed by atoms with Crippen molar-refractivity contribution in [3.05, 3.63) is 59.6 Å². The monoisotopic (exact) mass is 539 g/mol. The summed E-state index contributed by atoms with van der Waals surface area (Å²) in [5, 5.41) is 2.36. The largest absolute Gasteiger partial charge is 0.493 e. The van der Waals surface area contributed by atoms with E-state index in [2.05, 4.69) is 26.8 Å². The molecule has 0 saturated carbocycles. The van der Waals surface area contributed by atoms with Gasteiger partial charge in [-0.15, -0.1) is 0 Å². The van der Waals surface area contributed by atoms with Crippen molar-refractivity contribution in [3.8, 4) is 5.75 Å². The van der Waals surface area contributed by atoms with Gasteiger partial charge >= 0.3 is 6.18 Å². The van der Waals surface area contributed by atoms with Crippen LogP contribution in [0.15, 0.2) is 30.9 Å². The molecule has 2 aromatic heterocycles. The molecule has 202 valence electrons. The maximum Gasteiger partial charge on any atom is 0.417 e. The zero-order valence-corrected chi connectivity index (χ0v) is 20.2. The number of nitrogens with zero attached hydrogens (tertiary/aromatic N) is 2. The second-order valence-electron chi connectivity index (χ2n) is 8.87. The number of hydrogen-bond donors (Lipinski definition) is 3. The van der Waals surface area contributed by atoms with Crippen molar-refractivity contribution in [2.24, 2.45) is 11.7 Å². The van der Waals surface area contributed by atoms with Gasteiger partial charge in [-0.1, -0.05) is 19.6 Å². The number of alkyl halides is 3. The average molecular weight is 539 g/mol. The van der Waals surface area contributed by atoms with Crippen LogP contribution in [-0.4, -0.2) is 45.7 Å². The number of pyridine rings is 1. The molecule has 3 heterocycles. The fourth-order valence-corrected chi connectivity index (χ4v) is 4.63. The minimum Gasteiger partial charge on any atom is -0.493 e. The molecule has 4 rings (SSSR count). The van der Waals surface area contributed by atoms with E-state index in [0.717, 1.165) is 32.2 Å². The highest BCUT2D eigenvalue weighted by atomic mass is 19.4. The molecule has 4 N–H and O–H groups in total. The Hall–Kier alpha value is -4.07. The van der Waals surface area contributed by atoms with Crippen molar-refractivity contribution < 1.29 is 41.0 Å². The number of primary amides is 1. The number of carbonyl (C=O) groups is 2. The summed E-state index contributed by atoms with van der Waals surface area (Å²) in [5.74, 6) is -7.72. The molecule has 0 bridgehead atoms. The Balaban J connectivity index is 1.94. The summed E-state index contributed by atoms with van der Waals surface area (Å²) in [6.45, 7) is 5.43. The highest BCUT2D eigenvalue weighted by Gasteiger charge is 2.65. The predicted molar refractivity (Wildman–Crippen MR) is 124 cm³/mol. The van der Waals surface area contributed by atoms with Gasteiger partial charge in [-0.05, 0) is 19.1 Å². The Kier molecular flexibility index (Phi) is 6.64. The molecular weight excluding hydrogens is 517 g/mol. The summed E-state index contributed by atoms with van der Waals surface area (Å²) < 4.78 is 81.9. The fraction of sp³-hybridized carbons (Fsp3) is 0.333. The van der Waals surface area contributed by atoms with E-state index in [-0.39, 0.29) is 33.9 Å². The highest BCUT2D eigenvalue weighted by Crippen LogP contribution is 2.59. The second-order valence-corrected chi connectivity index (χ2v) is 8.87. The number of aromatic amines is 1. The van der Waals surface area contributed by atoms with E-state index in [9.17, 15) is 31.5 Å². The molecule has 4 atom stereocenters. The second kappa shape index (κ2) is 9.35. The first-order valence-electron chi connectivity index (χ1n) is 11.1. The van der Waals surface area contributed by atoms with Crippen LogP contribution in [0, 0.1) is 17.6 Å². The highest BCUT2D eigenvalue weighted by molar-refractivity contribution is 6.05. The summed E-state index contributed by atoms with van der Waals surface area (Å²) >= 11 is 0. The number of anilines is 1. The number of ether oxygens (including phenoxy) is 2. The van der Waals surface area contributed by atoms with Gasteiger partial charge in [-0.25, -0.2) is 14.4 Å². The van der Waals surface area contributed by atoms with E-state index in [1.165, 1.54) is 13.0 Å². The SMILES string of the molecule is C=CC(=O)Nc1cc2[nH]c([C@@H]3O[C@@](C)(C(F)(F)F)[C@@H](C)[C@H]3c3ccc(F)c(F)c3OC)nc2c(C(N)=O)n1. The Morgan fingerprint density at radius 1 is 1.29 bits per heavy atom. The third kappa shape index (κ3) is 4.23. The number of carbonyl (C=O) groups excluding carboxylic acids is 2.